The molecule has 4 aliphatic rings. The van der Waals surface area contributed by atoms with Gasteiger partial charge in [-0.15, -0.1) is 0 Å². The number of hydrogen-bond acceptors (Lipinski definition) is 4. The van der Waals surface area contributed by atoms with Gasteiger partial charge in [0.2, 0.25) is 5.91 Å². The van der Waals surface area contributed by atoms with Crippen LogP contribution in [0.25, 0.3) is 0 Å². The van der Waals surface area contributed by atoms with E-state index in [0.717, 1.165) is 70.0 Å². The fraction of sp³-hybridized carbons (Fsp3) is 0.741. The fourth-order valence-electron chi connectivity index (χ4n) is 6.57. The molecule has 176 valence electrons. The molecule has 1 unspecified atom stereocenters. The van der Waals surface area contributed by atoms with Crippen LogP contribution < -0.4 is 0 Å². The van der Waals surface area contributed by atoms with E-state index in [4.69, 9.17) is 4.74 Å². The van der Waals surface area contributed by atoms with E-state index in [1.807, 2.05) is 14.1 Å². The van der Waals surface area contributed by atoms with E-state index in [-0.39, 0.29) is 11.4 Å². The van der Waals surface area contributed by atoms with Crippen molar-refractivity contribution in [2.45, 2.75) is 62.4 Å². The second-order valence-corrected chi connectivity index (χ2v) is 11.1. The Morgan fingerprint density at radius 3 is 2.41 bits per heavy atom. The maximum atomic E-state index is 12.7. The maximum absolute atomic E-state index is 12.7. The van der Waals surface area contributed by atoms with Crippen molar-refractivity contribution in [2.24, 2.45) is 11.8 Å². The molecule has 0 aromatic heterocycles. The quantitative estimate of drug-likeness (QED) is 0.650. The average molecular weight is 440 g/mol. The highest BCUT2D eigenvalue weighted by molar-refractivity contribution is 5.77. The summed E-state index contributed by atoms with van der Waals surface area (Å²) in [5, 5.41) is 0. The molecular formula is C27H41N3O2. The molecular weight excluding hydrogens is 398 g/mol. The number of ether oxygens (including phenoxy) is 1. The van der Waals surface area contributed by atoms with Crippen LogP contribution >= 0.6 is 0 Å². The van der Waals surface area contributed by atoms with Crippen molar-refractivity contribution >= 4 is 5.91 Å². The Morgan fingerprint density at radius 2 is 1.75 bits per heavy atom. The third-order valence-corrected chi connectivity index (χ3v) is 8.75. The Morgan fingerprint density at radius 1 is 1.06 bits per heavy atom. The van der Waals surface area contributed by atoms with Crippen molar-refractivity contribution in [3.05, 3.63) is 35.9 Å². The van der Waals surface area contributed by atoms with Crippen molar-refractivity contribution in [2.75, 3.05) is 53.5 Å². The molecule has 3 saturated heterocycles. The first-order chi connectivity index (χ1) is 15.5. The molecule has 1 aromatic rings. The van der Waals surface area contributed by atoms with Gasteiger partial charge in [-0.25, -0.2) is 0 Å². The standard InChI is InChI=1S/C27H41N3O2/c1-28(2)26(31)18-27(19-29(20-27)24-10-14-32-15-11-24)30-12-8-21(9-13-30)16-23-17-25(23)22-6-4-3-5-7-22/h3-7,21,23-25H,8-20H2,1-2H3/t23-,25?/m1/s1. The minimum Gasteiger partial charge on any atom is -0.381 e. The largest absolute Gasteiger partial charge is 0.381 e. The highest BCUT2D eigenvalue weighted by Crippen LogP contribution is 2.52. The summed E-state index contributed by atoms with van der Waals surface area (Å²) in [5.41, 5.74) is 1.59. The van der Waals surface area contributed by atoms with Crippen LogP contribution in [0, 0.1) is 11.8 Å². The smallest absolute Gasteiger partial charge is 0.224 e. The van der Waals surface area contributed by atoms with Crippen LogP contribution in [-0.2, 0) is 9.53 Å². The predicted octanol–water partition coefficient (Wildman–Crippen LogP) is 3.60. The first-order valence-electron chi connectivity index (χ1n) is 12.9. The second kappa shape index (κ2) is 9.44. The summed E-state index contributed by atoms with van der Waals surface area (Å²) in [6.45, 7) is 6.22. The molecule has 0 bridgehead atoms. The number of carbonyl (C=O) groups excluding carboxylic acids is 1. The third-order valence-electron chi connectivity index (χ3n) is 8.75. The summed E-state index contributed by atoms with van der Waals surface area (Å²) in [6.07, 6.45) is 8.33. The number of carbonyl (C=O) groups is 1. The van der Waals surface area contributed by atoms with E-state index < -0.39 is 0 Å². The lowest BCUT2D eigenvalue weighted by atomic mass is 9.79. The summed E-state index contributed by atoms with van der Waals surface area (Å²) >= 11 is 0. The zero-order chi connectivity index (χ0) is 22.1. The van der Waals surface area contributed by atoms with E-state index in [2.05, 4.69) is 40.1 Å². The highest BCUT2D eigenvalue weighted by atomic mass is 16.5. The van der Waals surface area contributed by atoms with Gasteiger partial charge in [0.1, 0.15) is 0 Å². The number of hydrogen-bond donors (Lipinski definition) is 0. The minimum atomic E-state index is 0.0524. The number of benzene rings is 1. The lowest BCUT2D eigenvalue weighted by Crippen LogP contribution is -2.73. The molecule has 4 fully saturated rings. The first-order valence-corrected chi connectivity index (χ1v) is 12.9. The molecule has 1 saturated carbocycles. The molecule has 0 spiro atoms. The lowest BCUT2D eigenvalue weighted by molar-refractivity contribution is -0.144. The highest BCUT2D eigenvalue weighted by Gasteiger charge is 2.51. The van der Waals surface area contributed by atoms with E-state index in [0.29, 0.717) is 12.5 Å². The molecule has 3 heterocycles. The number of nitrogens with zero attached hydrogens (tertiary/aromatic N) is 3. The molecule has 32 heavy (non-hydrogen) atoms. The van der Waals surface area contributed by atoms with E-state index in [9.17, 15) is 4.79 Å². The van der Waals surface area contributed by atoms with Crippen molar-refractivity contribution in [1.82, 2.24) is 14.7 Å². The molecule has 0 N–H and O–H groups in total. The van der Waals surface area contributed by atoms with Crippen LogP contribution in [0.3, 0.4) is 0 Å². The van der Waals surface area contributed by atoms with E-state index >= 15 is 0 Å². The molecule has 1 aliphatic carbocycles. The summed E-state index contributed by atoms with van der Waals surface area (Å²) in [6, 6.07) is 11.7. The SMILES string of the molecule is CN(C)C(=O)CC1(N2CCC(C[C@@H]3CC3c3ccccc3)CC2)CN(C2CCOCC2)C1. The maximum Gasteiger partial charge on any atom is 0.224 e. The summed E-state index contributed by atoms with van der Waals surface area (Å²) in [7, 11) is 3.80. The zero-order valence-corrected chi connectivity index (χ0v) is 20.0. The molecule has 3 aliphatic heterocycles. The Hall–Kier alpha value is -1.43. The Bertz CT molecular complexity index is 762. The van der Waals surface area contributed by atoms with Gasteiger partial charge in [-0.3, -0.25) is 14.6 Å². The van der Waals surface area contributed by atoms with Crippen LogP contribution in [0.1, 0.15) is 56.4 Å². The molecule has 1 amide bonds. The van der Waals surface area contributed by atoms with Gasteiger partial charge in [0.25, 0.3) is 0 Å². The summed E-state index contributed by atoms with van der Waals surface area (Å²) < 4.78 is 5.57. The van der Waals surface area contributed by atoms with Crippen LogP contribution in [0.15, 0.2) is 30.3 Å². The molecule has 1 aromatic carbocycles. The van der Waals surface area contributed by atoms with Crippen LogP contribution in [0.2, 0.25) is 0 Å². The van der Waals surface area contributed by atoms with Crippen LogP contribution in [0.5, 0.6) is 0 Å². The van der Waals surface area contributed by atoms with Gasteiger partial charge in [0.15, 0.2) is 0 Å². The Labute approximate surface area is 194 Å². The fourth-order valence-corrected chi connectivity index (χ4v) is 6.57. The van der Waals surface area contributed by atoms with Gasteiger partial charge in [0, 0.05) is 52.9 Å². The Balaban J connectivity index is 1.15. The minimum absolute atomic E-state index is 0.0524. The van der Waals surface area contributed by atoms with Gasteiger partial charge in [-0.2, -0.15) is 0 Å². The van der Waals surface area contributed by atoms with Gasteiger partial charge in [-0.05, 0) is 74.9 Å². The Kier molecular flexibility index (Phi) is 6.60. The first kappa shape index (κ1) is 22.4. The van der Waals surface area contributed by atoms with Crippen molar-refractivity contribution < 1.29 is 9.53 Å². The van der Waals surface area contributed by atoms with Crippen molar-refractivity contribution in [3.8, 4) is 0 Å². The van der Waals surface area contributed by atoms with Gasteiger partial charge in [-0.1, -0.05) is 30.3 Å². The normalized spacial score (nSPS) is 29.4. The third kappa shape index (κ3) is 4.76. The van der Waals surface area contributed by atoms with Gasteiger partial charge >= 0.3 is 0 Å². The van der Waals surface area contributed by atoms with E-state index in [1.165, 1.54) is 25.7 Å². The molecule has 2 atom stereocenters. The summed E-state index contributed by atoms with van der Waals surface area (Å²) in [5.74, 6) is 2.84. The number of amides is 1. The molecule has 5 nitrogen and oxygen atoms in total. The predicted molar refractivity (Wildman–Crippen MR) is 128 cm³/mol. The molecule has 0 radical (unpaired) electrons. The second-order valence-electron chi connectivity index (χ2n) is 11.1. The zero-order valence-electron chi connectivity index (χ0n) is 20.0. The topological polar surface area (TPSA) is 36.0 Å². The summed E-state index contributed by atoms with van der Waals surface area (Å²) in [4.78, 5) is 19.8. The van der Waals surface area contributed by atoms with Gasteiger partial charge < -0.3 is 9.64 Å². The average Bonchev–Trinajstić information content (AvgIpc) is 3.56. The lowest BCUT2D eigenvalue weighted by Gasteiger charge is -2.59. The number of likely N-dealkylation sites (tertiary alicyclic amines) is 2. The number of piperidine rings is 1. The van der Waals surface area contributed by atoms with Crippen LogP contribution in [-0.4, -0.2) is 85.7 Å². The van der Waals surface area contributed by atoms with Gasteiger partial charge in [0.05, 0.1) is 5.54 Å². The van der Waals surface area contributed by atoms with Crippen LogP contribution in [0.4, 0.5) is 0 Å². The van der Waals surface area contributed by atoms with Crippen molar-refractivity contribution in [1.29, 1.82) is 0 Å². The van der Waals surface area contributed by atoms with E-state index in [1.54, 1.807) is 10.5 Å². The monoisotopic (exact) mass is 439 g/mol. The molecule has 5 heteroatoms. The van der Waals surface area contributed by atoms with Crippen molar-refractivity contribution in [3.63, 3.8) is 0 Å². The molecule has 5 rings (SSSR count). The number of rotatable bonds is 7.